The van der Waals surface area contributed by atoms with Gasteiger partial charge in [-0.2, -0.15) is 0 Å². The Hall–Kier alpha value is -2.31. The third-order valence-corrected chi connectivity index (χ3v) is 5.05. The highest BCUT2D eigenvalue weighted by atomic mass is 35.5. The minimum Gasteiger partial charge on any atom is -0.468 e. The van der Waals surface area contributed by atoms with E-state index in [1.165, 1.54) is 23.4 Å². The monoisotopic (exact) mass is 374 g/mol. The molecule has 0 aliphatic rings. The van der Waals surface area contributed by atoms with Crippen LogP contribution in [0.5, 0.6) is 0 Å². The number of rotatable bonds is 5. The highest BCUT2D eigenvalue weighted by Crippen LogP contribution is 2.26. The van der Waals surface area contributed by atoms with Crippen LogP contribution in [0.3, 0.4) is 0 Å². The van der Waals surface area contributed by atoms with Gasteiger partial charge in [0, 0.05) is 10.8 Å². The molecule has 5 nitrogen and oxygen atoms in total. The molecule has 0 saturated carbocycles. The number of benzene rings is 2. The van der Waals surface area contributed by atoms with Crippen molar-refractivity contribution in [2.75, 3.05) is 7.11 Å². The molecule has 0 spiro atoms. The minimum absolute atomic E-state index is 0.183. The van der Waals surface area contributed by atoms with E-state index in [2.05, 4.69) is 4.98 Å². The number of para-hydroxylation sites is 1. The van der Waals surface area contributed by atoms with Crippen LogP contribution in [0.25, 0.3) is 10.9 Å². The summed E-state index contributed by atoms with van der Waals surface area (Å²) in [6.45, 7) is -0.183. The van der Waals surface area contributed by atoms with Gasteiger partial charge in [0.15, 0.2) is 5.16 Å². The molecule has 0 unspecified atom stereocenters. The molecular weight excluding hydrogens is 360 g/mol. The van der Waals surface area contributed by atoms with Gasteiger partial charge in [-0.1, -0.05) is 53.7 Å². The number of aromatic nitrogens is 2. The van der Waals surface area contributed by atoms with Crippen LogP contribution >= 0.6 is 23.4 Å². The molecular formula is C18H15ClN2O3S. The van der Waals surface area contributed by atoms with Crippen LogP contribution in [0, 0.1) is 0 Å². The van der Waals surface area contributed by atoms with E-state index in [0.717, 1.165) is 5.56 Å². The van der Waals surface area contributed by atoms with Crippen molar-refractivity contribution in [3.05, 3.63) is 69.5 Å². The molecule has 0 amide bonds. The Balaban J connectivity index is 2.02. The van der Waals surface area contributed by atoms with Crippen LogP contribution in [0.2, 0.25) is 5.02 Å². The minimum atomic E-state index is -0.501. The summed E-state index contributed by atoms with van der Waals surface area (Å²) in [5, 5.41) is 1.57. The molecule has 128 valence electrons. The number of hydrogen-bond donors (Lipinski definition) is 0. The average molecular weight is 375 g/mol. The molecule has 0 aliphatic heterocycles. The Morgan fingerprint density at radius 2 is 1.92 bits per heavy atom. The summed E-state index contributed by atoms with van der Waals surface area (Å²) in [4.78, 5) is 29.0. The van der Waals surface area contributed by atoms with Crippen LogP contribution in [0.15, 0.2) is 58.5 Å². The molecule has 1 heterocycles. The van der Waals surface area contributed by atoms with Gasteiger partial charge in [-0.05, 0) is 23.8 Å². The van der Waals surface area contributed by atoms with E-state index < -0.39 is 5.97 Å². The molecule has 3 rings (SSSR count). The van der Waals surface area contributed by atoms with Crippen molar-refractivity contribution in [2.24, 2.45) is 0 Å². The van der Waals surface area contributed by atoms with Crippen molar-refractivity contribution >= 4 is 40.2 Å². The Morgan fingerprint density at radius 3 is 2.68 bits per heavy atom. The highest BCUT2D eigenvalue weighted by Gasteiger charge is 2.15. The smallest absolute Gasteiger partial charge is 0.325 e. The molecule has 0 saturated heterocycles. The molecule has 0 aliphatic carbocycles. The summed E-state index contributed by atoms with van der Waals surface area (Å²) in [6, 6.07) is 14.5. The maximum atomic E-state index is 12.8. The van der Waals surface area contributed by atoms with E-state index in [9.17, 15) is 9.59 Å². The van der Waals surface area contributed by atoms with E-state index >= 15 is 0 Å². The predicted molar refractivity (Wildman–Crippen MR) is 99.0 cm³/mol. The maximum absolute atomic E-state index is 12.8. The number of methoxy groups -OCH3 is 1. The number of hydrogen-bond acceptors (Lipinski definition) is 5. The molecule has 7 heteroatoms. The molecule has 0 N–H and O–H groups in total. The Morgan fingerprint density at radius 1 is 1.20 bits per heavy atom. The van der Waals surface area contributed by atoms with E-state index in [0.29, 0.717) is 26.8 Å². The SMILES string of the molecule is COC(=O)Cn1c(SCc2ccccc2Cl)nc2ccccc2c1=O. The topological polar surface area (TPSA) is 61.2 Å². The van der Waals surface area contributed by atoms with Gasteiger partial charge in [-0.3, -0.25) is 14.2 Å². The fraction of sp³-hybridized carbons (Fsp3) is 0.167. The Kier molecular flexibility index (Phi) is 5.40. The van der Waals surface area contributed by atoms with Crippen LogP contribution in [-0.2, 0) is 21.8 Å². The number of fused-ring (bicyclic) bond motifs is 1. The molecule has 0 fully saturated rings. The lowest BCUT2D eigenvalue weighted by atomic mass is 10.2. The van der Waals surface area contributed by atoms with E-state index in [1.54, 1.807) is 18.2 Å². The van der Waals surface area contributed by atoms with Gasteiger partial charge in [-0.25, -0.2) is 4.98 Å². The van der Waals surface area contributed by atoms with Crippen molar-refractivity contribution in [1.29, 1.82) is 0 Å². The molecule has 3 aromatic rings. The number of ether oxygens (including phenoxy) is 1. The number of esters is 1. The van der Waals surface area contributed by atoms with Gasteiger partial charge in [0.2, 0.25) is 0 Å². The van der Waals surface area contributed by atoms with Gasteiger partial charge in [-0.15, -0.1) is 0 Å². The summed E-state index contributed by atoms with van der Waals surface area (Å²) in [6.07, 6.45) is 0. The molecule has 2 aromatic carbocycles. The number of nitrogens with zero attached hydrogens (tertiary/aromatic N) is 2. The van der Waals surface area contributed by atoms with Crippen molar-refractivity contribution in [3.8, 4) is 0 Å². The fourth-order valence-corrected chi connectivity index (χ4v) is 3.63. The van der Waals surface area contributed by atoms with E-state index in [-0.39, 0.29) is 12.1 Å². The van der Waals surface area contributed by atoms with Gasteiger partial charge >= 0.3 is 5.97 Å². The van der Waals surface area contributed by atoms with Crippen molar-refractivity contribution < 1.29 is 9.53 Å². The van der Waals surface area contributed by atoms with Gasteiger partial charge < -0.3 is 4.74 Å². The zero-order chi connectivity index (χ0) is 17.8. The van der Waals surface area contributed by atoms with Gasteiger partial charge in [0.05, 0.1) is 18.0 Å². The summed E-state index contributed by atoms with van der Waals surface area (Å²) in [5.74, 6) is 0.0322. The lowest BCUT2D eigenvalue weighted by molar-refractivity contribution is -0.141. The predicted octanol–water partition coefficient (Wildman–Crippen LogP) is 3.52. The molecule has 0 radical (unpaired) electrons. The summed E-state index contributed by atoms with van der Waals surface area (Å²) < 4.78 is 6.04. The van der Waals surface area contributed by atoms with Crippen LogP contribution in [0.1, 0.15) is 5.56 Å². The zero-order valence-corrected chi connectivity index (χ0v) is 15.0. The number of carbonyl (C=O) groups excluding carboxylic acids is 1. The summed E-state index contributed by atoms with van der Waals surface area (Å²) in [5.41, 5.74) is 1.26. The third-order valence-electron chi connectivity index (χ3n) is 3.66. The van der Waals surface area contributed by atoms with Crippen LogP contribution < -0.4 is 5.56 Å². The van der Waals surface area contributed by atoms with Gasteiger partial charge in [0.1, 0.15) is 6.54 Å². The molecule has 25 heavy (non-hydrogen) atoms. The summed E-state index contributed by atoms with van der Waals surface area (Å²) in [7, 11) is 1.29. The first-order chi connectivity index (χ1) is 12.1. The largest absolute Gasteiger partial charge is 0.468 e. The lowest BCUT2D eigenvalue weighted by Gasteiger charge is -2.12. The standard InChI is InChI=1S/C18H15ClN2O3S/c1-24-16(22)10-21-17(23)13-7-3-5-9-15(13)20-18(21)25-11-12-6-2-4-8-14(12)19/h2-9H,10-11H2,1H3. The first-order valence-corrected chi connectivity index (χ1v) is 8.89. The summed E-state index contributed by atoms with van der Waals surface area (Å²) >= 11 is 7.54. The second-order valence-electron chi connectivity index (χ2n) is 5.26. The van der Waals surface area contributed by atoms with E-state index in [4.69, 9.17) is 16.3 Å². The van der Waals surface area contributed by atoms with Crippen molar-refractivity contribution in [1.82, 2.24) is 9.55 Å². The number of halogens is 1. The van der Waals surface area contributed by atoms with Crippen LogP contribution in [-0.4, -0.2) is 22.6 Å². The highest BCUT2D eigenvalue weighted by molar-refractivity contribution is 7.98. The molecule has 0 atom stereocenters. The first kappa shape index (κ1) is 17.5. The lowest BCUT2D eigenvalue weighted by Crippen LogP contribution is -2.27. The normalized spacial score (nSPS) is 10.8. The second kappa shape index (κ2) is 7.72. The Bertz CT molecular complexity index is 987. The first-order valence-electron chi connectivity index (χ1n) is 7.52. The molecule has 1 aromatic heterocycles. The third kappa shape index (κ3) is 3.86. The fourth-order valence-electron chi connectivity index (χ4n) is 2.35. The zero-order valence-electron chi connectivity index (χ0n) is 13.4. The van der Waals surface area contributed by atoms with E-state index in [1.807, 2.05) is 30.3 Å². The second-order valence-corrected chi connectivity index (χ2v) is 6.61. The Labute approximate surface area is 153 Å². The van der Waals surface area contributed by atoms with Crippen LogP contribution in [0.4, 0.5) is 0 Å². The molecule has 0 bridgehead atoms. The number of thioether (sulfide) groups is 1. The van der Waals surface area contributed by atoms with Gasteiger partial charge in [0.25, 0.3) is 5.56 Å². The van der Waals surface area contributed by atoms with Crippen molar-refractivity contribution in [2.45, 2.75) is 17.5 Å². The number of carbonyl (C=O) groups is 1. The maximum Gasteiger partial charge on any atom is 0.325 e. The van der Waals surface area contributed by atoms with Crippen molar-refractivity contribution in [3.63, 3.8) is 0 Å². The average Bonchev–Trinajstić information content (AvgIpc) is 2.63. The quantitative estimate of drug-likeness (QED) is 0.388.